The van der Waals surface area contributed by atoms with Gasteiger partial charge in [-0.3, -0.25) is 10.1 Å². The number of aryl methyl sites for hydroxylation is 1. The Morgan fingerprint density at radius 1 is 1.12 bits per heavy atom. The molecule has 0 aliphatic carbocycles. The van der Waals surface area contributed by atoms with Crippen LogP contribution in [0.2, 0.25) is 0 Å². The average molecular weight is 371 g/mol. The van der Waals surface area contributed by atoms with Crippen molar-refractivity contribution in [1.82, 2.24) is 10.2 Å². The molecule has 2 aromatic carbocycles. The van der Waals surface area contributed by atoms with Gasteiger partial charge in [-0.05, 0) is 31.2 Å². The summed E-state index contributed by atoms with van der Waals surface area (Å²) in [6.07, 6.45) is 0. The number of amides is 1. The van der Waals surface area contributed by atoms with E-state index in [1.165, 1.54) is 19.1 Å². The molecule has 0 saturated heterocycles. The molecule has 134 valence electrons. The Morgan fingerprint density at radius 3 is 2.62 bits per heavy atom. The Bertz CT molecular complexity index is 1060. The first kappa shape index (κ1) is 17.8. The van der Waals surface area contributed by atoms with E-state index in [4.69, 9.17) is 4.42 Å². The number of anilines is 1. The van der Waals surface area contributed by atoms with E-state index in [2.05, 4.69) is 15.5 Å². The van der Waals surface area contributed by atoms with E-state index in [0.717, 1.165) is 11.1 Å². The van der Waals surface area contributed by atoms with Crippen LogP contribution in [0, 0.1) is 6.92 Å². The predicted octanol–water partition coefficient (Wildman–Crippen LogP) is 3.09. The summed E-state index contributed by atoms with van der Waals surface area (Å²) in [5.74, 6) is -0.467. The molecule has 0 aliphatic rings. The number of carbonyl (C=O) groups excluding carboxylic acids is 1. The number of benzene rings is 2. The number of aromatic nitrogens is 2. The van der Waals surface area contributed by atoms with Gasteiger partial charge in [0, 0.05) is 5.56 Å². The van der Waals surface area contributed by atoms with Crippen LogP contribution < -0.4 is 5.32 Å². The predicted molar refractivity (Wildman–Crippen MR) is 96.6 cm³/mol. The van der Waals surface area contributed by atoms with E-state index in [1.54, 1.807) is 12.1 Å². The fraction of sp³-hybridized carbons (Fsp3) is 0.167. The SMILES string of the molecule is CCS(=O)(=O)c1ccccc1C(=O)Nc1nnc(-c2cccc(C)c2)o1. The van der Waals surface area contributed by atoms with Gasteiger partial charge in [0.1, 0.15) is 0 Å². The maximum atomic E-state index is 12.5. The van der Waals surface area contributed by atoms with Crippen LogP contribution in [0.25, 0.3) is 11.5 Å². The molecule has 0 radical (unpaired) electrons. The molecule has 1 N–H and O–H groups in total. The van der Waals surface area contributed by atoms with Crippen molar-refractivity contribution in [2.75, 3.05) is 11.1 Å². The number of sulfone groups is 1. The molecule has 3 aromatic rings. The lowest BCUT2D eigenvalue weighted by atomic mass is 10.1. The molecule has 1 heterocycles. The second-order valence-corrected chi connectivity index (χ2v) is 7.88. The molecule has 1 aromatic heterocycles. The molecule has 26 heavy (non-hydrogen) atoms. The van der Waals surface area contributed by atoms with Crippen molar-refractivity contribution in [1.29, 1.82) is 0 Å². The molecule has 0 saturated carbocycles. The van der Waals surface area contributed by atoms with Crippen LogP contribution in [-0.2, 0) is 9.84 Å². The fourth-order valence-corrected chi connectivity index (χ4v) is 3.51. The van der Waals surface area contributed by atoms with Crippen molar-refractivity contribution in [2.45, 2.75) is 18.7 Å². The molecule has 0 aliphatic heterocycles. The number of rotatable bonds is 5. The third-order valence-electron chi connectivity index (χ3n) is 3.76. The summed E-state index contributed by atoms with van der Waals surface area (Å²) in [5.41, 5.74) is 1.79. The molecule has 8 heteroatoms. The highest BCUT2D eigenvalue weighted by atomic mass is 32.2. The number of nitrogens with one attached hydrogen (secondary N) is 1. The summed E-state index contributed by atoms with van der Waals surface area (Å²) in [5, 5.41) is 10.2. The average Bonchev–Trinajstić information content (AvgIpc) is 3.10. The summed E-state index contributed by atoms with van der Waals surface area (Å²) in [6, 6.07) is 13.4. The standard InChI is InChI=1S/C18H17N3O4S/c1-3-26(23,24)15-10-5-4-9-14(15)16(22)19-18-21-20-17(25-18)13-8-6-7-12(2)11-13/h4-11H,3H2,1-2H3,(H,19,21,22). The maximum Gasteiger partial charge on any atom is 0.322 e. The van der Waals surface area contributed by atoms with E-state index in [9.17, 15) is 13.2 Å². The summed E-state index contributed by atoms with van der Waals surface area (Å²) >= 11 is 0. The second-order valence-electron chi connectivity index (χ2n) is 5.64. The van der Waals surface area contributed by atoms with Gasteiger partial charge >= 0.3 is 6.01 Å². The second kappa shape index (κ2) is 7.09. The number of carbonyl (C=O) groups is 1. The van der Waals surface area contributed by atoms with Crippen LogP contribution >= 0.6 is 0 Å². The first-order chi connectivity index (χ1) is 12.4. The molecule has 0 bridgehead atoms. The van der Waals surface area contributed by atoms with Gasteiger partial charge in [0.25, 0.3) is 5.91 Å². The monoisotopic (exact) mass is 371 g/mol. The van der Waals surface area contributed by atoms with E-state index in [-0.39, 0.29) is 28.1 Å². The Labute approximate surface area is 151 Å². The minimum absolute atomic E-state index is 0.0292. The van der Waals surface area contributed by atoms with Gasteiger partial charge in [0.15, 0.2) is 9.84 Å². The Balaban J connectivity index is 1.86. The quantitative estimate of drug-likeness (QED) is 0.739. The van der Waals surface area contributed by atoms with Crippen LogP contribution in [-0.4, -0.2) is 30.3 Å². The lowest BCUT2D eigenvalue weighted by molar-refractivity contribution is 0.102. The normalized spacial score (nSPS) is 11.3. The summed E-state index contributed by atoms with van der Waals surface area (Å²) in [6.45, 7) is 3.46. The molecule has 3 rings (SSSR count). The zero-order chi connectivity index (χ0) is 18.7. The highest BCUT2D eigenvalue weighted by Gasteiger charge is 2.22. The fourth-order valence-electron chi connectivity index (χ4n) is 2.41. The van der Waals surface area contributed by atoms with Crippen LogP contribution in [0.4, 0.5) is 6.01 Å². The third kappa shape index (κ3) is 3.65. The minimum atomic E-state index is -3.54. The van der Waals surface area contributed by atoms with Crippen LogP contribution in [0.5, 0.6) is 0 Å². The first-order valence-electron chi connectivity index (χ1n) is 7.94. The Kier molecular flexibility index (Phi) is 4.85. The van der Waals surface area contributed by atoms with Crippen molar-refractivity contribution < 1.29 is 17.6 Å². The Morgan fingerprint density at radius 2 is 1.88 bits per heavy atom. The zero-order valence-electron chi connectivity index (χ0n) is 14.3. The molecule has 0 atom stereocenters. The molecule has 7 nitrogen and oxygen atoms in total. The van der Waals surface area contributed by atoms with Crippen LogP contribution in [0.15, 0.2) is 57.8 Å². The molecule has 0 spiro atoms. The molecule has 0 unspecified atom stereocenters. The number of nitrogens with zero attached hydrogens (tertiary/aromatic N) is 2. The molecular formula is C18H17N3O4S. The summed E-state index contributed by atoms with van der Waals surface area (Å²) < 4.78 is 29.8. The van der Waals surface area contributed by atoms with Crippen molar-refractivity contribution in [3.05, 3.63) is 59.7 Å². The minimum Gasteiger partial charge on any atom is -0.403 e. The van der Waals surface area contributed by atoms with E-state index >= 15 is 0 Å². The maximum absolute atomic E-state index is 12.5. The van der Waals surface area contributed by atoms with Crippen molar-refractivity contribution in [3.63, 3.8) is 0 Å². The van der Waals surface area contributed by atoms with Crippen LogP contribution in [0.3, 0.4) is 0 Å². The Hall–Kier alpha value is -3.00. The molecule has 0 fully saturated rings. The lowest BCUT2D eigenvalue weighted by Crippen LogP contribution is -2.17. The van der Waals surface area contributed by atoms with E-state index in [0.29, 0.717) is 0 Å². The van der Waals surface area contributed by atoms with Gasteiger partial charge < -0.3 is 4.42 Å². The van der Waals surface area contributed by atoms with Gasteiger partial charge in [-0.25, -0.2) is 8.42 Å². The first-order valence-corrected chi connectivity index (χ1v) is 9.59. The molecular weight excluding hydrogens is 354 g/mol. The summed E-state index contributed by atoms with van der Waals surface area (Å²) in [4.78, 5) is 12.5. The van der Waals surface area contributed by atoms with Crippen molar-refractivity contribution in [3.8, 4) is 11.5 Å². The van der Waals surface area contributed by atoms with Crippen molar-refractivity contribution in [2.24, 2.45) is 0 Å². The highest BCUT2D eigenvalue weighted by molar-refractivity contribution is 7.91. The van der Waals surface area contributed by atoms with Gasteiger partial charge in [-0.2, -0.15) is 0 Å². The number of hydrogen-bond acceptors (Lipinski definition) is 6. The van der Waals surface area contributed by atoms with Gasteiger partial charge in [0.05, 0.1) is 16.2 Å². The van der Waals surface area contributed by atoms with Crippen LogP contribution in [0.1, 0.15) is 22.8 Å². The van der Waals surface area contributed by atoms with E-state index < -0.39 is 15.7 Å². The highest BCUT2D eigenvalue weighted by Crippen LogP contribution is 2.22. The zero-order valence-corrected chi connectivity index (χ0v) is 15.1. The van der Waals surface area contributed by atoms with E-state index in [1.807, 2.05) is 31.2 Å². The molecule has 1 amide bonds. The topological polar surface area (TPSA) is 102 Å². The third-order valence-corrected chi connectivity index (χ3v) is 5.54. The number of hydrogen-bond donors (Lipinski definition) is 1. The van der Waals surface area contributed by atoms with Gasteiger partial charge in [0.2, 0.25) is 5.89 Å². The summed E-state index contributed by atoms with van der Waals surface area (Å²) in [7, 11) is -3.54. The van der Waals surface area contributed by atoms with Gasteiger partial charge in [-0.15, -0.1) is 5.10 Å². The smallest absolute Gasteiger partial charge is 0.322 e. The van der Waals surface area contributed by atoms with Gasteiger partial charge in [-0.1, -0.05) is 41.9 Å². The largest absolute Gasteiger partial charge is 0.403 e. The lowest BCUT2D eigenvalue weighted by Gasteiger charge is -2.07. The van der Waals surface area contributed by atoms with Crippen molar-refractivity contribution >= 4 is 21.8 Å².